The van der Waals surface area contributed by atoms with Crippen LogP contribution in [-0.2, 0) is 0 Å². The third kappa shape index (κ3) is 2.60. The SMILES string of the molecule is CCCNC1CCC(N2CCCC3CCCC32)C1. The Morgan fingerprint density at radius 3 is 2.83 bits per heavy atom. The Hall–Kier alpha value is -0.0800. The lowest BCUT2D eigenvalue weighted by atomic mass is 9.90. The number of hydrogen-bond donors (Lipinski definition) is 1. The number of piperidine rings is 1. The molecular weight excluding hydrogens is 220 g/mol. The Balaban J connectivity index is 1.55. The maximum absolute atomic E-state index is 3.73. The van der Waals surface area contributed by atoms with Gasteiger partial charge in [-0.3, -0.25) is 4.90 Å². The van der Waals surface area contributed by atoms with Gasteiger partial charge in [-0.05, 0) is 70.4 Å². The Morgan fingerprint density at radius 2 is 1.94 bits per heavy atom. The van der Waals surface area contributed by atoms with Crippen molar-refractivity contribution in [2.75, 3.05) is 13.1 Å². The highest BCUT2D eigenvalue weighted by molar-refractivity contribution is 4.95. The molecule has 2 nitrogen and oxygen atoms in total. The molecule has 0 aromatic carbocycles. The topological polar surface area (TPSA) is 15.3 Å². The maximum atomic E-state index is 3.73. The third-order valence-corrected chi connectivity index (χ3v) is 5.59. The van der Waals surface area contributed by atoms with Crippen molar-refractivity contribution >= 4 is 0 Å². The van der Waals surface area contributed by atoms with Crippen LogP contribution in [0.4, 0.5) is 0 Å². The van der Waals surface area contributed by atoms with Crippen molar-refractivity contribution in [1.29, 1.82) is 0 Å². The summed E-state index contributed by atoms with van der Waals surface area (Å²) < 4.78 is 0. The lowest BCUT2D eigenvalue weighted by Crippen LogP contribution is -2.48. The van der Waals surface area contributed by atoms with Gasteiger partial charge in [0.1, 0.15) is 0 Å². The van der Waals surface area contributed by atoms with Crippen LogP contribution in [0.3, 0.4) is 0 Å². The Morgan fingerprint density at radius 1 is 1.06 bits per heavy atom. The lowest BCUT2D eigenvalue weighted by Gasteiger charge is -2.41. The van der Waals surface area contributed by atoms with Crippen molar-refractivity contribution in [2.24, 2.45) is 5.92 Å². The van der Waals surface area contributed by atoms with Crippen molar-refractivity contribution in [3.8, 4) is 0 Å². The molecule has 1 N–H and O–H groups in total. The number of fused-ring (bicyclic) bond motifs is 1. The molecule has 3 aliphatic rings. The summed E-state index contributed by atoms with van der Waals surface area (Å²) in [5.41, 5.74) is 0. The van der Waals surface area contributed by atoms with Gasteiger partial charge >= 0.3 is 0 Å². The van der Waals surface area contributed by atoms with E-state index in [1.165, 1.54) is 70.9 Å². The predicted octanol–water partition coefficient (Wildman–Crippen LogP) is 3.17. The normalized spacial score (nSPS) is 41.2. The number of rotatable bonds is 4. The molecule has 0 bridgehead atoms. The highest BCUT2D eigenvalue weighted by Crippen LogP contribution is 2.40. The molecule has 0 amide bonds. The average molecular weight is 250 g/mol. The molecule has 1 saturated heterocycles. The van der Waals surface area contributed by atoms with Crippen LogP contribution in [0.2, 0.25) is 0 Å². The van der Waals surface area contributed by atoms with E-state index in [0.29, 0.717) is 0 Å². The summed E-state index contributed by atoms with van der Waals surface area (Å²) in [5, 5.41) is 3.73. The quantitative estimate of drug-likeness (QED) is 0.824. The van der Waals surface area contributed by atoms with Crippen molar-refractivity contribution in [3.63, 3.8) is 0 Å². The summed E-state index contributed by atoms with van der Waals surface area (Å²) in [6.45, 7) is 4.88. The summed E-state index contributed by atoms with van der Waals surface area (Å²) >= 11 is 0. The second kappa shape index (κ2) is 5.92. The minimum absolute atomic E-state index is 0.816. The van der Waals surface area contributed by atoms with Crippen LogP contribution in [0.5, 0.6) is 0 Å². The molecule has 18 heavy (non-hydrogen) atoms. The second-order valence-corrected chi connectivity index (χ2v) is 6.76. The fourth-order valence-electron chi connectivity index (χ4n) is 4.74. The third-order valence-electron chi connectivity index (χ3n) is 5.59. The van der Waals surface area contributed by atoms with Crippen LogP contribution in [0.15, 0.2) is 0 Å². The van der Waals surface area contributed by atoms with Gasteiger partial charge in [0.25, 0.3) is 0 Å². The first-order valence-corrected chi connectivity index (χ1v) is 8.37. The predicted molar refractivity (Wildman–Crippen MR) is 76.8 cm³/mol. The largest absolute Gasteiger partial charge is 0.314 e. The van der Waals surface area contributed by atoms with Crippen LogP contribution in [0, 0.1) is 5.92 Å². The number of hydrogen-bond acceptors (Lipinski definition) is 2. The van der Waals surface area contributed by atoms with E-state index >= 15 is 0 Å². The van der Waals surface area contributed by atoms with E-state index < -0.39 is 0 Å². The summed E-state index contributed by atoms with van der Waals surface area (Å²) in [4.78, 5) is 2.93. The average Bonchev–Trinajstić information content (AvgIpc) is 3.04. The van der Waals surface area contributed by atoms with E-state index in [2.05, 4.69) is 17.1 Å². The molecule has 3 rings (SSSR count). The van der Waals surface area contributed by atoms with E-state index in [4.69, 9.17) is 0 Å². The first-order valence-electron chi connectivity index (χ1n) is 8.37. The molecule has 1 heterocycles. The van der Waals surface area contributed by atoms with Crippen LogP contribution < -0.4 is 5.32 Å². The van der Waals surface area contributed by atoms with E-state index in [0.717, 1.165) is 24.0 Å². The van der Waals surface area contributed by atoms with Gasteiger partial charge in [0.05, 0.1) is 0 Å². The summed E-state index contributed by atoms with van der Waals surface area (Å²) in [5.74, 6) is 1.06. The molecule has 2 saturated carbocycles. The standard InChI is InChI=1S/C16H30N2/c1-2-10-17-14-8-9-15(12-14)18-11-4-6-13-5-3-7-16(13)18/h13-17H,2-12H2,1H3. The molecule has 104 valence electrons. The molecule has 0 aromatic heterocycles. The van der Waals surface area contributed by atoms with Crippen LogP contribution in [-0.4, -0.2) is 36.1 Å². The minimum atomic E-state index is 0.816. The van der Waals surface area contributed by atoms with Crippen molar-refractivity contribution in [2.45, 2.75) is 82.8 Å². The summed E-state index contributed by atoms with van der Waals surface area (Å²) in [6.07, 6.45) is 13.0. The number of nitrogens with one attached hydrogen (secondary N) is 1. The zero-order valence-corrected chi connectivity index (χ0v) is 12.0. The van der Waals surface area contributed by atoms with E-state index in [1.807, 2.05) is 0 Å². The Bertz CT molecular complexity index is 266. The molecule has 2 aliphatic carbocycles. The Kier molecular flexibility index (Phi) is 4.25. The van der Waals surface area contributed by atoms with Gasteiger partial charge in [-0.25, -0.2) is 0 Å². The van der Waals surface area contributed by atoms with Gasteiger partial charge < -0.3 is 5.32 Å². The maximum Gasteiger partial charge on any atom is 0.0126 e. The molecule has 3 fully saturated rings. The Labute approximate surface area is 113 Å². The lowest BCUT2D eigenvalue weighted by molar-refractivity contribution is 0.0688. The highest BCUT2D eigenvalue weighted by Gasteiger charge is 2.40. The van der Waals surface area contributed by atoms with Crippen LogP contribution >= 0.6 is 0 Å². The van der Waals surface area contributed by atoms with Gasteiger partial charge in [0, 0.05) is 18.1 Å². The van der Waals surface area contributed by atoms with Crippen LogP contribution in [0.25, 0.3) is 0 Å². The first-order chi connectivity index (χ1) is 8.88. The molecule has 1 aliphatic heterocycles. The highest BCUT2D eigenvalue weighted by atomic mass is 15.2. The van der Waals surface area contributed by atoms with E-state index in [-0.39, 0.29) is 0 Å². The van der Waals surface area contributed by atoms with Crippen LogP contribution in [0.1, 0.15) is 64.7 Å². The minimum Gasteiger partial charge on any atom is -0.314 e. The van der Waals surface area contributed by atoms with E-state index in [1.54, 1.807) is 0 Å². The molecule has 0 aromatic rings. The monoisotopic (exact) mass is 250 g/mol. The van der Waals surface area contributed by atoms with Crippen molar-refractivity contribution in [3.05, 3.63) is 0 Å². The molecule has 0 radical (unpaired) electrons. The van der Waals surface area contributed by atoms with Crippen molar-refractivity contribution < 1.29 is 0 Å². The van der Waals surface area contributed by atoms with Gasteiger partial charge in [0.2, 0.25) is 0 Å². The second-order valence-electron chi connectivity index (χ2n) is 6.76. The van der Waals surface area contributed by atoms with Gasteiger partial charge in [-0.1, -0.05) is 13.3 Å². The van der Waals surface area contributed by atoms with Gasteiger partial charge in [0.15, 0.2) is 0 Å². The molecule has 4 atom stereocenters. The smallest absolute Gasteiger partial charge is 0.0126 e. The molecular formula is C16H30N2. The van der Waals surface area contributed by atoms with Gasteiger partial charge in [-0.2, -0.15) is 0 Å². The first kappa shape index (κ1) is 12.9. The molecule has 2 heteroatoms. The fraction of sp³-hybridized carbons (Fsp3) is 1.00. The molecule has 4 unspecified atom stereocenters. The summed E-state index contributed by atoms with van der Waals surface area (Å²) in [6, 6.07) is 2.69. The fourth-order valence-corrected chi connectivity index (χ4v) is 4.74. The zero-order valence-electron chi connectivity index (χ0n) is 12.0. The van der Waals surface area contributed by atoms with Crippen molar-refractivity contribution in [1.82, 2.24) is 10.2 Å². The molecule has 0 spiro atoms. The zero-order chi connectivity index (χ0) is 12.4. The number of nitrogens with zero attached hydrogens (tertiary/aromatic N) is 1. The summed E-state index contributed by atoms with van der Waals surface area (Å²) in [7, 11) is 0. The number of likely N-dealkylation sites (tertiary alicyclic amines) is 1. The van der Waals surface area contributed by atoms with E-state index in [9.17, 15) is 0 Å². The van der Waals surface area contributed by atoms with Gasteiger partial charge in [-0.15, -0.1) is 0 Å².